The molecule has 2 aromatic carbocycles. The molecule has 2 amide bonds. The second-order valence-electron chi connectivity index (χ2n) is 7.08. The quantitative estimate of drug-likeness (QED) is 0.714. The molecule has 1 heterocycles. The van der Waals surface area contributed by atoms with Crippen molar-refractivity contribution in [2.45, 2.75) is 25.9 Å². The molecule has 29 heavy (non-hydrogen) atoms. The number of likely N-dealkylation sites (tertiary alicyclic amines) is 1. The summed E-state index contributed by atoms with van der Waals surface area (Å²) in [4.78, 5) is 37.3. The first-order chi connectivity index (χ1) is 13.9. The predicted octanol–water partition coefficient (Wildman–Crippen LogP) is 2.38. The Labute approximate surface area is 169 Å². The molecule has 152 valence electrons. The summed E-state index contributed by atoms with van der Waals surface area (Å²) in [5, 5.41) is 11.5. The van der Waals surface area contributed by atoms with E-state index in [4.69, 9.17) is 9.84 Å². The van der Waals surface area contributed by atoms with Gasteiger partial charge in [-0.2, -0.15) is 0 Å². The van der Waals surface area contributed by atoms with E-state index in [1.165, 1.54) is 0 Å². The molecule has 2 aromatic rings. The van der Waals surface area contributed by atoms with Crippen LogP contribution < -0.4 is 10.1 Å². The third kappa shape index (κ3) is 5.34. The van der Waals surface area contributed by atoms with E-state index in [-0.39, 0.29) is 36.7 Å². The summed E-state index contributed by atoms with van der Waals surface area (Å²) in [6, 6.07) is 16.6. The second kappa shape index (κ2) is 9.23. The van der Waals surface area contributed by atoms with Crippen LogP contribution in [0.25, 0.3) is 0 Å². The van der Waals surface area contributed by atoms with Gasteiger partial charge in [-0.05, 0) is 30.2 Å². The lowest BCUT2D eigenvalue weighted by atomic mass is 10.1. The van der Waals surface area contributed by atoms with Crippen LogP contribution in [-0.2, 0) is 20.9 Å². The fraction of sp³-hybridized carbons (Fsp3) is 0.318. The fourth-order valence-corrected chi connectivity index (χ4v) is 3.42. The lowest BCUT2D eigenvalue weighted by molar-refractivity contribution is -0.139. The Morgan fingerprint density at radius 2 is 1.97 bits per heavy atom. The number of carbonyl (C=O) groups is 3. The first-order valence-electron chi connectivity index (χ1n) is 9.49. The standard InChI is InChI=1S/C22H24N2O5/c1-15(17-7-3-2-4-8-17)24-13-18(11-20(24)25)22(28)23-12-16-6-5-9-19(10-16)29-14-21(26)27/h2-10,15,18H,11-14H2,1H3,(H,23,28)(H,26,27). The van der Waals surface area contributed by atoms with Gasteiger partial charge in [0.05, 0.1) is 12.0 Å². The minimum atomic E-state index is -1.05. The monoisotopic (exact) mass is 396 g/mol. The van der Waals surface area contributed by atoms with Crippen LogP contribution in [0.2, 0.25) is 0 Å². The van der Waals surface area contributed by atoms with Crippen LogP contribution >= 0.6 is 0 Å². The van der Waals surface area contributed by atoms with Crippen molar-refractivity contribution >= 4 is 17.8 Å². The number of carboxylic acid groups (broad SMARTS) is 1. The first kappa shape index (κ1) is 20.4. The third-order valence-electron chi connectivity index (χ3n) is 5.01. The summed E-state index contributed by atoms with van der Waals surface area (Å²) in [6.45, 7) is 2.22. The summed E-state index contributed by atoms with van der Waals surface area (Å²) < 4.78 is 5.15. The zero-order valence-electron chi connectivity index (χ0n) is 16.2. The zero-order valence-corrected chi connectivity index (χ0v) is 16.2. The highest BCUT2D eigenvalue weighted by molar-refractivity contribution is 5.89. The number of hydrogen-bond acceptors (Lipinski definition) is 4. The number of aliphatic carboxylic acids is 1. The number of rotatable bonds is 8. The van der Waals surface area contributed by atoms with E-state index in [9.17, 15) is 14.4 Å². The Kier molecular flexibility index (Phi) is 6.49. The van der Waals surface area contributed by atoms with Gasteiger partial charge in [0.25, 0.3) is 0 Å². The highest BCUT2D eigenvalue weighted by Crippen LogP contribution is 2.28. The molecule has 0 bridgehead atoms. The first-order valence-corrected chi connectivity index (χ1v) is 9.49. The molecule has 0 aromatic heterocycles. The van der Waals surface area contributed by atoms with Crippen LogP contribution in [0.4, 0.5) is 0 Å². The van der Waals surface area contributed by atoms with Crippen molar-refractivity contribution in [3.8, 4) is 5.75 Å². The molecule has 0 saturated carbocycles. The molecule has 2 unspecified atom stereocenters. The number of nitrogens with one attached hydrogen (secondary N) is 1. The highest BCUT2D eigenvalue weighted by atomic mass is 16.5. The molecule has 1 fully saturated rings. The molecule has 2 atom stereocenters. The molecular formula is C22H24N2O5. The second-order valence-corrected chi connectivity index (χ2v) is 7.08. The van der Waals surface area contributed by atoms with Gasteiger partial charge in [-0.3, -0.25) is 9.59 Å². The molecule has 1 aliphatic rings. The summed E-state index contributed by atoms with van der Waals surface area (Å²) in [5.41, 5.74) is 1.83. The lowest BCUT2D eigenvalue weighted by Gasteiger charge is -2.25. The Hall–Kier alpha value is -3.35. The van der Waals surface area contributed by atoms with E-state index in [1.807, 2.05) is 43.3 Å². The maximum atomic E-state index is 12.6. The SMILES string of the molecule is CC(c1ccccc1)N1CC(C(=O)NCc2cccc(OCC(=O)O)c2)CC1=O. The Morgan fingerprint density at radius 3 is 2.69 bits per heavy atom. The van der Waals surface area contributed by atoms with Gasteiger partial charge in [-0.15, -0.1) is 0 Å². The van der Waals surface area contributed by atoms with Crippen LogP contribution in [0.15, 0.2) is 54.6 Å². The summed E-state index contributed by atoms with van der Waals surface area (Å²) >= 11 is 0. The van der Waals surface area contributed by atoms with Crippen molar-refractivity contribution in [1.29, 1.82) is 0 Å². The number of amides is 2. The minimum Gasteiger partial charge on any atom is -0.482 e. The van der Waals surface area contributed by atoms with Gasteiger partial charge >= 0.3 is 5.97 Å². The maximum Gasteiger partial charge on any atom is 0.341 e. The molecule has 1 saturated heterocycles. The highest BCUT2D eigenvalue weighted by Gasteiger charge is 2.36. The average molecular weight is 396 g/mol. The molecule has 3 rings (SSSR count). The molecular weight excluding hydrogens is 372 g/mol. The van der Waals surface area contributed by atoms with Crippen LogP contribution in [0.1, 0.15) is 30.5 Å². The topological polar surface area (TPSA) is 95.9 Å². The van der Waals surface area contributed by atoms with E-state index in [2.05, 4.69) is 5.32 Å². The summed E-state index contributed by atoms with van der Waals surface area (Å²) in [5.74, 6) is -1.20. The molecule has 7 heteroatoms. The van der Waals surface area contributed by atoms with Crippen molar-refractivity contribution in [2.24, 2.45) is 5.92 Å². The van der Waals surface area contributed by atoms with E-state index in [1.54, 1.807) is 23.1 Å². The van der Waals surface area contributed by atoms with Crippen LogP contribution in [0.5, 0.6) is 5.75 Å². The number of carbonyl (C=O) groups excluding carboxylic acids is 2. The van der Waals surface area contributed by atoms with Gasteiger partial charge in [0, 0.05) is 19.5 Å². The number of benzene rings is 2. The molecule has 0 spiro atoms. The van der Waals surface area contributed by atoms with Gasteiger partial charge in [-0.1, -0.05) is 42.5 Å². The Bertz CT molecular complexity index is 884. The fourth-order valence-electron chi connectivity index (χ4n) is 3.42. The number of carboxylic acids is 1. The van der Waals surface area contributed by atoms with Crippen molar-refractivity contribution in [1.82, 2.24) is 10.2 Å². The molecule has 0 radical (unpaired) electrons. The maximum absolute atomic E-state index is 12.6. The zero-order chi connectivity index (χ0) is 20.8. The third-order valence-corrected chi connectivity index (χ3v) is 5.01. The van der Waals surface area contributed by atoms with Gasteiger partial charge in [0.15, 0.2) is 6.61 Å². The van der Waals surface area contributed by atoms with Crippen molar-refractivity contribution in [3.05, 3.63) is 65.7 Å². The minimum absolute atomic E-state index is 0.0226. The predicted molar refractivity (Wildman–Crippen MR) is 106 cm³/mol. The smallest absolute Gasteiger partial charge is 0.341 e. The van der Waals surface area contributed by atoms with Crippen LogP contribution in [0, 0.1) is 5.92 Å². The van der Waals surface area contributed by atoms with Crippen molar-refractivity contribution in [3.63, 3.8) is 0 Å². The normalized spacial score (nSPS) is 17.1. The van der Waals surface area contributed by atoms with E-state index in [0.29, 0.717) is 12.3 Å². The number of nitrogens with zero attached hydrogens (tertiary/aromatic N) is 1. The van der Waals surface area contributed by atoms with E-state index < -0.39 is 12.6 Å². The number of hydrogen-bond donors (Lipinski definition) is 2. The largest absolute Gasteiger partial charge is 0.482 e. The molecule has 2 N–H and O–H groups in total. The Morgan fingerprint density at radius 1 is 1.21 bits per heavy atom. The summed E-state index contributed by atoms with van der Waals surface area (Å²) in [6.07, 6.45) is 0.199. The van der Waals surface area contributed by atoms with Gasteiger partial charge in [-0.25, -0.2) is 4.79 Å². The van der Waals surface area contributed by atoms with Crippen molar-refractivity contribution in [2.75, 3.05) is 13.2 Å². The molecule has 0 aliphatic carbocycles. The summed E-state index contributed by atoms with van der Waals surface area (Å²) in [7, 11) is 0. The van der Waals surface area contributed by atoms with Gasteiger partial charge in [0.1, 0.15) is 5.75 Å². The van der Waals surface area contributed by atoms with E-state index in [0.717, 1.165) is 11.1 Å². The van der Waals surface area contributed by atoms with Crippen molar-refractivity contribution < 1.29 is 24.2 Å². The average Bonchev–Trinajstić information content (AvgIpc) is 3.12. The Balaban J connectivity index is 1.54. The molecule has 7 nitrogen and oxygen atoms in total. The van der Waals surface area contributed by atoms with Crippen LogP contribution in [-0.4, -0.2) is 40.9 Å². The van der Waals surface area contributed by atoms with E-state index >= 15 is 0 Å². The van der Waals surface area contributed by atoms with Gasteiger partial charge < -0.3 is 20.1 Å². The van der Waals surface area contributed by atoms with Gasteiger partial charge in [0.2, 0.25) is 11.8 Å². The van der Waals surface area contributed by atoms with Crippen LogP contribution in [0.3, 0.4) is 0 Å². The molecule has 1 aliphatic heterocycles. The number of ether oxygens (including phenoxy) is 1. The lowest BCUT2D eigenvalue weighted by Crippen LogP contribution is -2.33.